The molecule has 1 aliphatic carbocycles. The number of methoxy groups -OCH3 is 1. The summed E-state index contributed by atoms with van der Waals surface area (Å²) in [4.78, 5) is 23.4. The summed E-state index contributed by atoms with van der Waals surface area (Å²) in [5, 5.41) is 9.35. The molecule has 3 heterocycles. The van der Waals surface area contributed by atoms with Gasteiger partial charge in [0.15, 0.2) is 0 Å². The van der Waals surface area contributed by atoms with Crippen LogP contribution in [-0.4, -0.2) is 60.6 Å². The number of ether oxygens (including phenoxy) is 2. The van der Waals surface area contributed by atoms with Gasteiger partial charge in [-0.15, -0.1) is 0 Å². The first-order valence-corrected chi connectivity index (χ1v) is 14.6. The van der Waals surface area contributed by atoms with Crippen LogP contribution in [0.2, 0.25) is 0 Å². The molecule has 1 aromatic carbocycles. The molecule has 1 saturated heterocycles. The Morgan fingerprint density at radius 2 is 1.86 bits per heavy atom. The van der Waals surface area contributed by atoms with Crippen LogP contribution in [0.3, 0.4) is 0 Å². The maximum atomic E-state index is 13.5. The number of pyridine rings is 2. The number of anilines is 2. The number of carboxylic acid groups (broad SMARTS) is 1. The Morgan fingerprint density at radius 1 is 1.07 bits per heavy atom. The smallest absolute Gasteiger partial charge is 0.405 e. The van der Waals surface area contributed by atoms with E-state index < -0.39 is 18.7 Å². The van der Waals surface area contributed by atoms with Crippen molar-refractivity contribution in [3.05, 3.63) is 72.1 Å². The van der Waals surface area contributed by atoms with E-state index in [2.05, 4.69) is 14.9 Å². The van der Waals surface area contributed by atoms with Gasteiger partial charge in [-0.05, 0) is 78.8 Å². The van der Waals surface area contributed by atoms with Crippen LogP contribution in [0.25, 0.3) is 0 Å². The molecule has 1 unspecified atom stereocenters. The Balaban J connectivity index is 1.23. The molecular weight excluding hydrogens is 561 g/mol. The second kappa shape index (κ2) is 13.5. The highest BCUT2D eigenvalue weighted by molar-refractivity contribution is 5.68. The van der Waals surface area contributed by atoms with Crippen molar-refractivity contribution >= 4 is 17.5 Å². The van der Waals surface area contributed by atoms with Crippen molar-refractivity contribution in [1.82, 2.24) is 9.97 Å². The molecule has 5 rings (SSSR count). The zero-order chi connectivity index (χ0) is 30.4. The molecule has 2 fully saturated rings. The number of aliphatic carboxylic acids is 1. The van der Waals surface area contributed by atoms with Crippen LogP contribution in [0, 0.1) is 11.8 Å². The molecule has 1 atom stereocenters. The standard InChI is InChI=1S/C32H37F3N4O4/c1-42-26-8-7-25(19-39(21-32(33,34)35)29-4-2-3-12-36-29)28(17-26)38-14-10-22(11-15-38)20-43-30-16-24(9-13-37-30)27(18-31(40)41)23-5-6-23/h2-4,7-9,12-13,16-17,22-23,27H,5-6,10-11,14-15,18-21H2,1H3,(H,40,41). The molecule has 43 heavy (non-hydrogen) atoms. The average Bonchev–Trinajstić information content (AvgIpc) is 3.84. The van der Waals surface area contributed by atoms with Crippen molar-refractivity contribution in [3.63, 3.8) is 0 Å². The van der Waals surface area contributed by atoms with Gasteiger partial charge in [0, 0.05) is 49.8 Å². The van der Waals surface area contributed by atoms with E-state index in [4.69, 9.17) is 9.47 Å². The predicted molar refractivity (Wildman–Crippen MR) is 157 cm³/mol. The van der Waals surface area contributed by atoms with E-state index >= 15 is 0 Å². The molecular formula is C32H37F3N4O4. The quantitative estimate of drug-likeness (QED) is 0.245. The molecule has 3 aromatic rings. The lowest BCUT2D eigenvalue weighted by Crippen LogP contribution is -2.38. The Labute approximate surface area is 249 Å². The van der Waals surface area contributed by atoms with Gasteiger partial charge in [-0.25, -0.2) is 9.97 Å². The zero-order valence-electron chi connectivity index (χ0n) is 24.2. The number of alkyl halides is 3. The lowest BCUT2D eigenvalue weighted by molar-refractivity contribution is -0.137. The van der Waals surface area contributed by atoms with Gasteiger partial charge in [-0.3, -0.25) is 4.79 Å². The molecule has 0 radical (unpaired) electrons. The third-order valence-corrected chi connectivity index (χ3v) is 8.19. The maximum Gasteiger partial charge on any atom is 0.405 e. The Bertz CT molecular complexity index is 1360. The molecule has 0 spiro atoms. The van der Waals surface area contributed by atoms with Crippen molar-refractivity contribution in [3.8, 4) is 11.6 Å². The fraction of sp³-hybridized carbons (Fsp3) is 0.469. The summed E-state index contributed by atoms with van der Waals surface area (Å²) in [6.45, 7) is 0.855. The molecule has 1 saturated carbocycles. The number of aromatic nitrogens is 2. The van der Waals surface area contributed by atoms with Crippen LogP contribution >= 0.6 is 0 Å². The van der Waals surface area contributed by atoms with Crippen molar-refractivity contribution in [2.24, 2.45) is 11.8 Å². The normalized spacial score (nSPS) is 16.5. The summed E-state index contributed by atoms with van der Waals surface area (Å²) in [5.74, 6) is 1.28. The zero-order valence-corrected chi connectivity index (χ0v) is 24.2. The summed E-state index contributed by atoms with van der Waals surface area (Å²) in [5.41, 5.74) is 2.57. The highest BCUT2D eigenvalue weighted by Gasteiger charge is 2.34. The SMILES string of the molecule is COc1ccc(CN(CC(F)(F)F)c2ccccn2)c(N2CCC(COc3cc(C(CC(=O)O)C4CC4)ccn3)CC2)c1. The van der Waals surface area contributed by atoms with Gasteiger partial charge in [0.2, 0.25) is 5.88 Å². The molecule has 2 aliphatic rings. The lowest BCUT2D eigenvalue weighted by Gasteiger charge is -2.35. The molecule has 1 N–H and O–H groups in total. The highest BCUT2D eigenvalue weighted by atomic mass is 19.4. The number of benzene rings is 1. The Kier molecular flexibility index (Phi) is 9.57. The van der Waals surface area contributed by atoms with Crippen LogP contribution in [0.5, 0.6) is 11.6 Å². The molecule has 11 heteroatoms. The second-order valence-corrected chi connectivity index (χ2v) is 11.4. The number of rotatable bonds is 13. The van der Waals surface area contributed by atoms with Crippen LogP contribution < -0.4 is 19.3 Å². The van der Waals surface area contributed by atoms with Gasteiger partial charge < -0.3 is 24.4 Å². The van der Waals surface area contributed by atoms with Gasteiger partial charge in [0.05, 0.1) is 20.1 Å². The number of carbonyl (C=O) groups is 1. The number of nitrogens with zero attached hydrogens (tertiary/aromatic N) is 4. The van der Waals surface area contributed by atoms with Gasteiger partial charge in [0.1, 0.15) is 18.1 Å². The van der Waals surface area contributed by atoms with E-state index in [0.717, 1.165) is 42.5 Å². The summed E-state index contributed by atoms with van der Waals surface area (Å²) in [7, 11) is 1.57. The van der Waals surface area contributed by atoms with Crippen molar-refractivity contribution in [1.29, 1.82) is 0 Å². The fourth-order valence-corrected chi connectivity index (χ4v) is 5.80. The minimum absolute atomic E-state index is 0.0205. The predicted octanol–water partition coefficient (Wildman–Crippen LogP) is 6.32. The van der Waals surface area contributed by atoms with E-state index in [0.29, 0.717) is 37.2 Å². The lowest BCUT2D eigenvalue weighted by atomic mass is 9.92. The van der Waals surface area contributed by atoms with Gasteiger partial charge >= 0.3 is 12.1 Å². The monoisotopic (exact) mass is 598 g/mol. The summed E-state index contributed by atoms with van der Waals surface area (Å²) >= 11 is 0. The average molecular weight is 599 g/mol. The second-order valence-electron chi connectivity index (χ2n) is 11.4. The van der Waals surface area contributed by atoms with E-state index in [1.54, 1.807) is 37.6 Å². The number of hydrogen-bond acceptors (Lipinski definition) is 7. The van der Waals surface area contributed by atoms with Gasteiger partial charge in [0.25, 0.3) is 0 Å². The molecule has 1 aliphatic heterocycles. The Morgan fingerprint density at radius 3 is 2.51 bits per heavy atom. The van der Waals surface area contributed by atoms with Gasteiger partial charge in [-0.2, -0.15) is 13.2 Å². The van der Waals surface area contributed by atoms with E-state index in [-0.39, 0.29) is 30.6 Å². The van der Waals surface area contributed by atoms with Crippen LogP contribution in [0.4, 0.5) is 24.7 Å². The van der Waals surface area contributed by atoms with E-state index in [9.17, 15) is 23.1 Å². The van der Waals surface area contributed by atoms with Gasteiger partial charge in [-0.1, -0.05) is 12.1 Å². The number of halogens is 3. The first-order valence-electron chi connectivity index (χ1n) is 14.6. The first-order chi connectivity index (χ1) is 20.7. The third kappa shape index (κ3) is 8.52. The van der Waals surface area contributed by atoms with Crippen molar-refractivity contribution < 1.29 is 32.5 Å². The van der Waals surface area contributed by atoms with E-state index in [1.807, 2.05) is 24.3 Å². The maximum absolute atomic E-state index is 13.5. The first kappa shape index (κ1) is 30.4. The summed E-state index contributed by atoms with van der Waals surface area (Å²) in [6.07, 6.45) is 2.68. The number of hydrogen-bond donors (Lipinski definition) is 1. The summed E-state index contributed by atoms with van der Waals surface area (Å²) < 4.78 is 52.1. The fourth-order valence-electron chi connectivity index (χ4n) is 5.80. The van der Waals surface area contributed by atoms with Crippen LogP contribution in [-0.2, 0) is 11.3 Å². The number of piperidine rings is 1. The molecule has 8 nitrogen and oxygen atoms in total. The van der Waals surface area contributed by atoms with Crippen LogP contribution in [0.15, 0.2) is 60.9 Å². The molecule has 0 amide bonds. The van der Waals surface area contributed by atoms with Crippen LogP contribution in [0.1, 0.15) is 49.1 Å². The topological polar surface area (TPSA) is 88.0 Å². The highest BCUT2D eigenvalue weighted by Crippen LogP contribution is 2.45. The molecule has 2 aromatic heterocycles. The minimum Gasteiger partial charge on any atom is -0.497 e. The molecule has 0 bridgehead atoms. The van der Waals surface area contributed by atoms with Crippen molar-refractivity contribution in [2.45, 2.75) is 50.7 Å². The summed E-state index contributed by atoms with van der Waals surface area (Å²) in [6, 6.07) is 14.2. The van der Waals surface area contributed by atoms with E-state index in [1.165, 1.54) is 11.1 Å². The van der Waals surface area contributed by atoms with Crippen molar-refractivity contribution in [2.75, 3.05) is 43.2 Å². The molecule has 230 valence electrons. The largest absolute Gasteiger partial charge is 0.497 e. The minimum atomic E-state index is -4.38. The third-order valence-electron chi connectivity index (χ3n) is 8.19. The Hall–Kier alpha value is -4.02. The number of carboxylic acids is 1.